The first-order valence-corrected chi connectivity index (χ1v) is 7.79. The van der Waals surface area contributed by atoms with Crippen molar-refractivity contribution in [3.8, 4) is 0 Å². The number of carbonyl (C=O) groups is 2. The van der Waals surface area contributed by atoms with Crippen LogP contribution in [0.25, 0.3) is 0 Å². The van der Waals surface area contributed by atoms with Crippen molar-refractivity contribution in [2.75, 3.05) is 26.0 Å². The van der Waals surface area contributed by atoms with Gasteiger partial charge in [-0.25, -0.2) is 0 Å². The zero-order chi connectivity index (χ0) is 16.1. The lowest BCUT2D eigenvalue weighted by atomic mass is 9.94. The molecular weight excluding hydrogens is 278 g/mol. The third-order valence-electron chi connectivity index (χ3n) is 4.06. The van der Waals surface area contributed by atoms with Gasteiger partial charge in [-0.15, -0.1) is 0 Å². The fourth-order valence-electron chi connectivity index (χ4n) is 2.58. The molecule has 2 unspecified atom stereocenters. The molecule has 2 amide bonds. The maximum Gasteiger partial charge on any atom is 0.241 e. The van der Waals surface area contributed by atoms with Crippen LogP contribution in [0, 0.1) is 5.92 Å². The van der Waals surface area contributed by atoms with Gasteiger partial charge in [0.2, 0.25) is 11.8 Å². The molecule has 2 N–H and O–H groups in total. The summed E-state index contributed by atoms with van der Waals surface area (Å²) in [5.74, 6) is 0.664. The van der Waals surface area contributed by atoms with Crippen LogP contribution in [0.1, 0.15) is 25.3 Å². The summed E-state index contributed by atoms with van der Waals surface area (Å²) in [7, 11) is 3.49. The lowest BCUT2D eigenvalue weighted by Gasteiger charge is -2.27. The first-order valence-electron chi connectivity index (χ1n) is 7.79. The summed E-state index contributed by atoms with van der Waals surface area (Å²) in [5, 5.41) is 6.20. The maximum atomic E-state index is 12.2. The molecular formula is C17H25N3O2. The molecule has 0 bridgehead atoms. The fraction of sp³-hybridized carbons (Fsp3) is 0.529. The van der Waals surface area contributed by atoms with E-state index in [0.29, 0.717) is 12.3 Å². The second-order valence-corrected chi connectivity index (χ2v) is 6.29. The van der Waals surface area contributed by atoms with Gasteiger partial charge in [0.15, 0.2) is 0 Å². The van der Waals surface area contributed by atoms with Gasteiger partial charge in [0, 0.05) is 19.8 Å². The van der Waals surface area contributed by atoms with E-state index in [9.17, 15) is 9.59 Å². The summed E-state index contributed by atoms with van der Waals surface area (Å²) >= 11 is 0. The lowest BCUT2D eigenvalue weighted by Crippen LogP contribution is -2.45. The van der Waals surface area contributed by atoms with Crippen molar-refractivity contribution in [2.45, 2.75) is 32.2 Å². The van der Waals surface area contributed by atoms with Crippen LogP contribution in [-0.2, 0) is 16.0 Å². The van der Waals surface area contributed by atoms with E-state index in [1.54, 1.807) is 19.0 Å². The minimum atomic E-state index is -0.112. The molecule has 1 saturated heterocycles. The fourth-order valence-corrected chi connectivity index (χ4v) is 2.58. The third-order valence-corrected chi connectivity index (χ3v) is 4.06. The first kappa shape index (κ1) is 16.5. The zero-order valence-electron chi connectivity index (χ0n) is 13.6. The number of piperidine rings is 1. The van der Waals surface area contributed by atoms with E-state index < -0.39 is 0 Å². The molecule has 0 aliphatic carbocycles. The Balaban J connectivity index is 1.90. The second-order valence-electron chi connectivity index (χ2n) is 6.29. The van der Waals surface area contributed by atoms with Gasteiger partial charge < -0.3 is 15.5 Å². The Hall–Kier alpha value is -1.88. The minimum absolute atomic E-state index is 0.0173. The largest absolute Gasteiger partial charge is 0.349 e. The number of likely N-dealkylation sites (N-methyl/N-ethyl adjacent to an activating group) is 1. The van der Waals surface area contributed by atoms with Crippen molar-refractivity contribution in [1.82, 2.24) is 10.2 Å². The molecule has 120 valence electrons. The van der Waals surface area contributed by atoms with Crippen LogP contribution in [0.3, 0.4) is 0 Å². The van der Waals surface area contributed by atoms with Gasteiger partial charge in [0.25, 0.3) is 0 Å². The average molecular weight is 303 g/mol. The number of nitrogens with zero attached hydrogens (tertiary/aromatic N) is 1. The molecule has 0 aromatic heterocycles. The van der Waals surface area contributed by atoms with E-state index in [1.807, 2.05) is 24.3 Å². The molecule has 5 heteroatoms. The summed E-state index contributed by atoms with van der Waals surface area (Å²) in [6, 6.07) is 7.35. The predicted molar refractivity (Wildman–Crippen MR) is 87.7 cm³/mol. The van der Waals surface area contributed by atoms with E-state index in [1.165, 1.54) is 0 Å². The molecule has 0 radical (unpaired) electrons. The van der Waals surface area contributed by atoms with Gasteiger partial charge >= 0.3 is 0 Å². The van der Waals surface area contributed by atoms with Gasteiger partial charge in [-0.2, -0.15) is 0 Å². The first-order chi connectivity index (χ1) is 10.5. The Kier molecular flexibility index (Phi) is 5.55. The van der Waals surface area contributed by atoms with E-state index in [0.717, 1.165) is 30.6 Å². The monoisotopic (exact) mass is 303 g/mol. The standard InChI is InChI=1S/C17H25N3O2/c1-12-8-9-18-15(10-12)17(22)19-14-6-4-13(5-7-14)11-16(21)20(2)3/h4-7,12,15,18H,8-11H2,1-3H3,(H,19,22). The third kappa shape index (κ3) is 4.56. The second kappa shape index (κ2) is 7.40. The highest BCUT2D eigenvalue weighted by molar-refractivity contribution is 5.95. The van der Waals surface area contributed by atoms with Crippen LogP contribution in [0.5, 0.6) is 0 Å². The minimum Gasteiger partial charge on any atom is -0.349 e. The van der Waals surface area contributed by atoms with Crippen molar-refractivity contribution in [1.29, 1.82) is 0 Å². The Labute approximate surface area is 132 Å². The molecule has 1 heterocycles. The van der Waals surface area contributed by atoms with Crippen molar-refractivity contribution in [2.24, 2.45) is 5.92 Å². The van der Waals surface area contributed by atoms with Crippen molar-refractivity contribution < 1.29 is 9.59 Å². The molecule has 5 nitrogen and oxygen atoms in total. The van der Waals surface area contributed by atoms with E-state index in [-0.39, 0.29) is 17.9 Å². The Morgan fingerprint density at radius 1 is 1.27 bits per heavy atom. The summed E-state index contributed by atoms with van der Waals surface area (Å²) < 4.78 is 0. The van der Waals surface area contributed by atoms with Gasteiger partial charge in [0.1, 0.15) is 0 Å². The summed E-state index contributed by atoms with van der Waals surface area (Å²) in [5.41, 5.74) is 1.71. The molecule has 1 fully saturated rings. The normalized spacial score (nSPS) is 21.2. The quantitative estimate of drug-likeness (QED) is 0.889. The molecule has 0 spiro atoms. The summed E-state index contributed by atoms with van der Waals surface area (Å²) in [4.78, 5) is 25.5. The number of rotatable bonds is 4. The number of benzene rings is 1. The topological polar surface area (TPSA) is 61.4 Å². The van der Waals surface area contributed by atoms with E-state index in [2.05, 4.69) is 17.6 Å². The highest BCUT2D eigenvalue weighted by atomic mass is 16.2. The lowest BCUT2D eigenvalue weighted by molar-refractivity contribution is -0.128. The van der Waals surface area contributed by atoms with Crippen LogP contribution < -0.4 is 10.6 Å². The Bertz CT molecular complexity index is 525. The van der Waals surface area contributed by atoms with Crippen molar-refractivity contribution in [3.63, 3.8) is 0 Å². The number of nitrogens with one attached hydrogen (secondary N) is 2. The van der Waals surface area contributed by atoms with Crippen LogP contribution in [0.15, 0.2) is 24.3 Å². The van der Waals surface area contributed by atoms with E-state index in [4.69, 9.17) is 0 Å². The van der Waals surface area contributed by atoms with Gasteiger partial charge in [-0.05, 0) is 43.0 Å². The summed E-state index contributed by atoms with van der Waals surface area (Å²) in [6.45, 7) is 3.07. The molecule has 1 aromatic rings. The molecule has 1 aromatic carbocycles. The molecule has 2 atom stereocenters. The molecule has 0 saturated carbocycles. The Morgan fingerprint density at radius 2 is 1.95 bits per heavy atom. The van der Waals surface area contributed by atoms with Gasteiger partial charge in [-0.1, -0.05) is 19.1 Å². The SMILES string of the molecule is CC1CCNC(C(=O)Nc2ccc(CC(=O)N(C)C)cc2)C1. The maximum absolute atomic E-state index is 12.2. The highest BCUT2D eigenvalue weighted by Crippen LogP contribution is 2.17. The number of carbonyl (C=O) groups excluding carboxylic acids is 2. The smallest absolute Gasteiger partial charge is 0.241 e. The summed E-state index contributed by atoms with van der Waals surface area (Å²) in [6.07, 6.45) is 2.38. The zero-order valence-corrected chi connectivity index (χ0v) is 13.6. The van der Waals surface area contributed by atoms with Crippen molar-refractivity contribution in [3.05, 3.63) is 29.8 Å². The highest BCUT2D eigenvalue weighted by Gasteiger charge is 2.24. The average Bonchev–Trinajstić information content (AvgIpc) is 2.49. The van der Waals surface area contributed by atoms with Gasteiger partial charge in [0.05, 0.1) is 12.5 Å². The number of anilines is 1. The molecule has 2 rings (SSSR count). The molecule has 1 aliphatic heterocycles. The van der Waals surface area contributed by atoms with E-state index >= 15 is 0 Å². The van der Waals surface area contributed by atoms with Crippen LogP contribution in [-0.4, -0.2) is 43.4 Å². The number of hydrogen-bond acceptors (Lipinski definition) is 3. The molecule has 1 aliphatic rings. The van der Waals surface area contributed by atoms with Crippen LogP contribution >= 0.6 is 0 Å². The van der Waals surface area contributed by atoms with Crippen molar-refractivity contribution >= 4 is 17.5 Å². The molecule has 22 heavy (non-hydrogen) atoms. The predicted octanol–water partition coefficient (Wildman–Crippen LogP) is 1.64. The Morgan fingerprint density at radius 3 is 2.55 bits per heavy atom. The van der Waals surface area contributed by atoms with Gasteiger partial charge in [-0.3, -0.25) is 9.59 Å². The van der Waals surface area contributed by atoms with Crippen LogP contribution in [0.4, 0.5) is 5.69 Å². The van der Waals surface area contributed by atoms with Crippen LogP contribution in [0.2, 0.25) is 0 Å². The number of amides is 2. The number of hydrogen-bond donors (Lipinski definition) is 2.